The zero-order chi connectivity index (χ0) is 14.0. The third-order valence-corrected chi connectivity index (χ3v) is 2.76. The zero-order valence-corrected chi connectivity index (χ0v) is 11.9. The highest BCUT2D eigenvalue weighted by Gasteiger charge is 2.20. The van der Waals surface area contributed by atoms with Crippen LogP contribution in [0.3, 0.4) is 0 Å². The Labute approximate surface area is 110 Å². The average molecular weight is 260 g/mol. The van der Waals surface area contributed by atoms with Gasteiger partial charge >= 0.3 is 5.97 Å². The summed E-state index contributed by atoms with van der Waals surface area (Å²) in [5.74, 6) is -0.334. The van der Waals surface area contributed by atoms with Crippen molar-refractivity contribution in [3.63, 3.8) is 0 Å². The van der Waals surface area contributed by atoms with Gasteiger partial charge in [-0.3, -0.25) is 4.79 Å². The lowest BCUT2D eigenvalue weighted by Gasteiger charge is -2.24. The molecule has 0 aliphatic heterocycles. The van der Waals surface area contributed by atoms with E-state index in [2.05, 4.69) is 0 Å². The van der Waals surface area contributed by atoms with Gasteiger partial charge in [0, 0.05) is 13.0 Å². The molecule has 0 rings (SSSR count). The lowest BCUT2D eigenvalue weighted by Crippen LogP contribution is -2.34. The molecule has 5 nitrogen and oxygen atoms in total. The highest BCUT2D eigenvalue weighted by Crippen LogP contribution is 2.14. The Morgan fingerprint density at radius 2 is 2.00 bits per heavy atom. The van der Waals surface area contributed by atoms with Crippen LogP contribution in [0, 0.1) is 0 Å². The van der Waals surface area contributed by atoms with Crippen LogP contribution in [0.1, 0.15) is 46.5 Å². The maximum absolute atomic E-state index is 11.6. The van der Waals surface area contributed by atoms with Crippen LogP contribution in [0.2, 0.25) is 0 Å². The molecule has 0 saturated carbocycles. The largest absolute Gasteiger partial charge is 0.464 e. The van der Waals surface area contributed by atoms with Gasteiger partial charge in [0.2, 0.25) is 0 Å². The summed E-state index contributed by atoms with van der Waals surface area (Å²) in [4.78, 5) is 11.6. The van der Waals surface area contributed by atoms with Crippen molar-refractivity contribution in [1.82, 2.24) is 0 Å². The minimum atomic E-state index is -0.535. The predicted molar refractivity (Wildman–Crippen MR) is 72.2 cm³/mol. The second kappa shape index (κ2) is 9.30. The molecule has 5 heteroatoms. The Morgan fingerprint density at radius 1 is 1.33 bits per heavy atom. The summed E-state index contributed by atoms with van der Waals surface area (Å²) in [5.41, 5.74) is 10.8. The molecule has 0 saturated heterocycles. The molecule has 4 N–H and O–H groups in total. The molecule has 0 aromatic carbocycles. The number of esters is 1. The summed E-state index contributed by atoms with van der Waals surface area (Å²) in [7, 11) is 0. The summed E-state index contributed by atoms with van der Waals surface area (Å²) in [6, 6.07) is -0.535. The van der Waals surface area contributed by atoms with Crippen LogP contribution in [0.15, 0.2) is 0 Å². The number of nitrogens with two attached hydrogens (primary N) is 2. The van der Waals surface area contributed by atoms with Gasteiger partial charge in [0.15, 0.2) is 0 Å². The van der Waals surface area contributed by atoms with Gasteiger partial charge in [0.1, 0.15) is 6.04 Å². The summed E-state index contributed by atoms with van der Waals surface area (Å²) in [5, 5.41) is 0. The third-order valence-electron chi connectivity index (χ3n) is 2.76. The SMILES string of the molecule is CCOC(C)(C)CCOC(=O)C(N)CCCCN. The minimum Gasteiger partial charge on any atom is -0.464 e. The van der Waals surface area contributed by atoms with Crippen molar-refractivity contribution in [3.8, 4) is 0 Å². The van der Waals surface area contributed by atoms with Crippen molar-refractivity contribution in [2.75, 3.05) is 19.8 Å². The van der Waals surface area contributed by atoms with Crippen LogP contribution in [0.4, 0.5) is 0 Å². The molecule has 0 amide bonds. The van der Waals surface area contributed by atoms with Crippen molar-refractivity contribution < 1.29 is 14.3 Å². The van der Waals surface area contributed by atoms with Crippen LogP contribution in [0.25, 0.3) is 0 Å². The highest BCUT2D eigenvalue weighted by atomic mass is 16.5. The molecule has 0 aromatic heterocycles. The minimum absolute atomic E-state index is 0.265. The Balaban J connectivity index is 3.75. The van der Waals surface area contributed by atoms with Crippen LogP contribution in [0.5, 0.6) is 0 Å². The quantitative estimate of drug-likeness (QED) is 0.455. The number of rotatable bonds is 10. The second-order valence-corrected chi connectivity index (χ2v) is 5.00. The van der Waals surface area contributed by atoms with Crippen LogP contribution >= 0.6 is 0 Å². The normalized spacial score (nSPS) is 13.4. The molecule has 0 aliphatic carbocycles. The number of ether oxygens (including phenoxy) is 2. The zero-order valence-electron chi connectivity index (χ0n) is 11.9. The summed E-state index contributed by atoms with van der Waals surface area (Å²) >= 11 is 0. The topological polar surface area (TPSA) is 87.6 Å². The van der Waals surface area contributed by atoms with Gasteiger partial charge in [-0.05, 0) is 40.2 Å². The number of carbonyl (C=O) groups excluding carboxylic acids is 1. The summed E-state index contributed by atoms with van der Waals surface area (Å²) < 4.78 is 10.7. The molecule has 0 bridgehead atoms. The Morgan fingerprint density at radius 3 is 2.56 bits per heavy atom. The summed E-state index contributed by atoms with van der Waals surface area (Å²) in [6.07, 6.45) is 3.04. The fourth-order valence-electron chi connectivity index (χ4n) is 1.59. The van der Waals surface area contributed by atoms with Gasteiger partial charge in [0.25, 0.3) is 0 Å². The number of unbranched alkanes of at least 4 members (excludes halogenated alkanes) is 1. The Kier molecular flexibility index (Phi) is 8.97. The van der Waals surface area contributed by atoms with E-state index in [1.807, 2.05) is 20.8 Å². The van der Waals surface area contributed by atoms with E-state index in [0.717, 1.165) is 12.8 Å². The van der Waals surface area contributed by atoms with Gasteiger partial charge in [-0.2, -0.15) is 0 Å². The van der Waals surface area contributed by atoms with E-state index in [0.29, 0.717) is 32.6 Å². The van der Waals surface area contributed by atoms with Crippen molar-refractivity contribution in [1.29, 1.82) is 0 Å². The van der Waals surface area contributed by atoms with Gasteiger partial charge in [0.05, 0.1) is 12.2 Å². The molecule has 1 atom stereocenters. The van der Waals surface area contributed by atoms with E-state index in [-0.39, 0.29) is 11.6 Å². The maximum Gasteiger partial charge on any atom is 0.322 e. The predicted octanol–water partition coefficient (Wildman–Crippen LogP) is 1.19. The Bertz CT molecular complexity index is 232. The monoisotopic (exact) mass is 260 g/mol. The average Bonchev–Trinajstić information content (AvgIpc) is 2.28. The van der Waals surface area contributed by atoms with E-state index >= 15 is 0 Å². The van der Waals surface area contributed by atoms with Gasteiger partial charge in [-0.15, -0.1) is 0 Å². The summed E-state index contributed by atoms with van der Waals surface area (Å²) in [6.45, 7) is 7.53. The standard InChI is InChI=1S/C13H28N2O3/c1-4-18-13(2,3)8-10-17-12(16)11(15)7-5-6-9-14/h11H,4-10,14-15H2,1-3H3. The Hall–Kier alpha value is -0.650. The molecular formula is C13H28N2O3. The first-order valence-electron chi connectivity index (χ1n) is 6.69. The van der Waals surface area contributed by atoms with Gasteiger partial charge < -0.3 is 20.9 Å². The molecular weight excluding hydrogens is 232 g/mol. The fraction of sp³-hybridized carbons (Fsp3) is 0.923. The maximum atomic E-state index is 11.6. The van der Waals surface area contributed by atoms with Crippen LogP contribution in [-0.2, 0) is 14.3 Å². The van der Waals surface area contributed by atoms with Crippen LogP contribution in [-0.4, -0.2) is 37.4 Å². The first-order valence-corrected chi connectivity index (χ1v) is 6.69. The van der Waals surface area contributed by atoms with Crippen molar-refractivity contribution in [2.24, 2.45) is 11.5 Å². The molecule has 0 heterocycles. The van der Waals surface area contributed by atoms with Crippen molar-refractivity contribution in [2.45, 2.75) is 58.1 Å². The van der Waals surface area contributed by atoms with Gasteiger partial charge in [-0.1, -0.05) is 6.42 Å². The van der Waals surface area contributed by atoms with E-state index in [1.54, 1.807) is 0 Å². The van der Waals surface area contributed by atoms with Crippen molar-refractivity contribution in [3.05, 3.63) is 0 Å². The molecule has 0 fully saturated rings. The molecule has 0 spiro atoms. The van der Waals surface area contributed by atoms with Crippen molar-refractivity contribution >= 4 is 5.97 Å². The first kappa shape index (κ1) is 17.4. The lowest BCUT2D eigenvalue weighted by atomic mass is 10.1. The smallest absolute Gasteiger partial charge is 0.322 e. The lowest BCUT2D eigenvalue weighted by molar-refractivity contribution is -0.147. The van der Waals surface area contributed by atoms with E-state index < -0.39 is 6.04 Å². The molecule has 18 heavy (non-hydrogen) atoms. The highest BCUT2D eigenvalue weighted by molar-refractivity contribution is 5.75. The van der Waals surface area contributed by atoms with E-state index in [1.165, 1.54) is 0 Å². The van der Waals surface area contributed by atoms with Gasteiger partial charge in [-0.25, -0.2) is 0 Å². The molecule has 0 aliphatic rings. The fourth-order valence-corrected chi connectivity index (χ4v) is 1.59. The first-order chi connectivity index (χ1) is 8.43. The molecule has 108 valence electrons. The number of hydrogen-bond acceptors (Lipinski definition) is 5. The molecule has 0 radical (unpaired) electrons. The second-order valence-electron chi connectivity index (χ2n) is 5.00. The number of carbonyl (C=O) groups is 1. The van der Waals surface area contributed by atoms with E-state index in [9.17, 15) is 4.79 Å². The van der Waals surface area contributed by atoms with E-state index in [4.69, 9.17) is 20.9 Å². The van der Waals surface area contributed by atoms with Crippen LogP contribution < -0.4 is 11.5 Å². The third kappa shape index (κ3) is 8.44. The molecule has 0 aromatic rings. The number of hydrogen-bond donors (Lipinski definition) is 2. The molecule has 1 unspecified atom stereocenters.